The summed E-state index contributed by atoms with van der Waals surface area (Å²) < 4.78 is 13.4. The first-order chi connectivity index (χ1) is 14.8. The molecule has 1 aromatic carbocycles. The van der Waals surface area contributed by atoms with Crippen molar-refractivity contribution in [1.29, 1.82) is 0 Å². The second kappa shape index (κ2) is 8.49. The number of hydrogen-bond acceptors (Lipinski definition) is 3. The van der Waals surface area contributed by atoms with Crippen molar-refractivity contribution in [2.75, 3.05) is 0 Å². The molecule has 0 spiro atoms. The summed E-state index contributed by atoms with van der Waals surface area (Å²) in [6, 6.07) is 8.34. The van der Waals surface area contributed by atoms with Crippen LogP contribution in [0, 0.1) is 11.3 Å². The summed E-state index contributed by atoms with van der Waals surface area (Å²) in [5.41, 5.74) is 0.472. The maximum absolute atomic E-state index is 11.7. The van der Waals surface area contributed by atoms with Crippen molar-refractivity contribution in [3.8, 4) is 5.75 Å². The molecule has 1 N–H and O–H groups in total. The molecule has 0 aromatic heterocycles. The molecule has 1 aromatic rings. The van der Waals surface area contributed by atoms with Gasteiger partial charge in [-0.2, -0.15) is 0 Å². The summed E-state index contributed by atoms with van der Waals surface area (Å²) >= 11 is 0. The molecule has 5 heteroatoms. The molecule has 0 bridgehead atoms. The van der Waals surface area contributed by atoms with Gasteiger partial charge in [0.15, 0.2) is 8.32 Å². The molecule has 0 radical (unpaired) electrons. The number of hydrogen-bond donors (Lipinski definition) is 1. The minimum absolute atomic E-state index is 0.170. The maximum Gasteiger partial charge on any atom is 0.250 e. The van der Waals surface area contributed by atoms with Gasteiger partial charge in [0.25, 0.3) is 0 Å². The molecule has 3 rings (SSSR count). The Balaban J connectivity index is 1.72. The lowest BCUT2D eigenvalue weighted by atomic mass is 9.62. The van der Waals surface area contributed by atoms with Crippen LogP contribution in [0.3, 0.4) is 0 Å². The first-order valence-corrected chi connectivity index (χ1v) is 18.8. The normalized spacial score (nSPS) is 31.4. The average Bonchev–Trinajstić information content (AvgIpc) is 2.95. The Hall–Kier alpha value is -0.626. The predicted octanol–water partition coefficient (Wildman–Crippen LogP) is 8.25. The van der Waals surface area contributed by atoms with Crippen molar-refractivity contribution in [1.82, 2.24) is 0 Å². The topological polar surface area (TPSA) is 38.7 Å². The summed E-state index contributed by atoms with van der Waals surface area (Å²) in [5.74, 6) is 1.44. The monoisotopic (exact) mass is 490 g/mol. The standard InChI is InChI=1S/C28H50O3Si2/c1-25(2,3)32(8,9)30-23-15-12-21(13-16-23)28(29)19-18-27(7)22(20-28)14-17-24(27)31-33(10,11)26(4,5)6/h12-13,15-16,22,24,29H,14,17-20H2,1-11H3/t22-,24+,27+,28?/m1/s1. The first-order valence-electron chi connectivity index (χ1n) is 13.0. The molecule has 33 heavy (non-hydrogen) atoms. The van der Waals surface area contributed by atoms with E-state index in [1.807, 2.05) is 0 Å². The minimum Gasteiger partial charge on any atom is -0.544 e. The molecule has 3 nitrogen and oxygen atoms in total. The van der Waals surface area contributed by atoms with E-state index in [4.69, 9.17) is 8.85 Å². The molecule has 2 aliphatic carbocycles. The van der Waals surface area contributed by atoms with E-state index in [0.29, 0.717) is 12.0 Å². The largest absolute Gasteiger partial charge is 0.544 e. The van der Waals surface area contributed by atoms with Crippen molar-refractivity contribution in [2.24, 2.45) is 11.3 Å². The molecule has 0 amide bonds. The molecule has 2 fully saturated rings. The van der Waals surface area contributed by atoms with Gasteiger partial charge in [-0.1, -0.05) is 60.6 Å². The van der Waals surface area contributed by atoms with E-state index in [2.05, 4.69) is 98.9 Å². The lowest BCUT2D eigenvalue weighted by Gasteiger charge is -2.49. The zero-order valence-corrected chi connectivity index (χ0v) is 25.3. The molecule has 0 saturated heterocycles. The van der Waals surface area contributed by atoms with Crippen LogP contribution < -0.4 is 4.43 Å². The van der Waals surface area contributed by atoms with Crippen molar-refractivity contribution >= 4 is 16.6 Å². The quantitative estimate of drug-likeness (QED) is 0.422. The molecule has 2 aliphatic rings. The average molecular weight is 491 g/mol. The summed E-state index contributed by atoms with van der Waals surface area (Å²) in [4.78, 5) is 0. The smallest absolute Gasteiger partial charge is 0.250 e. The van der Waals surface area contributed by atoms with E-state index < -0.39 is 22.2 Å². The van der Waals surface area contributed by atoms with Gasteiger partial charge in [0.1, 0.15) is 5.75 Å². The molecular formula is C28H50O3Si2. The Morgan fingerprint density at radius 1 is 0.848 bits per heavy atom. The van der Waals surface area contributed by atoms with Crippen LogP contribution in [0.1, 0.15) is 86.1 Å². The van der Waals surface area contributed by atoms with Gasteiger partial charge in [-0.25, -0.2) is 0 Å². The van der Waals surface area contributed by atoms with Gasteiger partial charge < -0.3 is 14.0 Å². The van der Waals surface area contributed by atoms with Crippen LogP contribution in [0.15, 0.2) is 24.3 Å². The number of fused-ring (bicyclic) bond motifs is 1. The van der Waals surface area contributed by atoms with E-state index in [1.54, 1.807) is 0 Å². The minimum atomic E-state index is -1.86. The Morgan fingerprint density at radius 2 is 1.39 bits per heavy atom. The van der Waals surface area contributed by atoms with Crippen molar-refractivity contribution < 1.29 is 14.0 Å². The Kier molecular flexibility index (Phi) is 6.94. The van der Waals surface area contributed by atoms with Crippen molar-refractivity contribution in [3.63, 3.8) is 0 Å². The highest BCUT2D eigenvalue weighted by molar-refractivity contribution is 6.75. The van der Waals surface area contributed by atoms with Crippen LogP contribution in [0.25, 0.3) is 0 Å². The molecule has 0 aliphatic heterocycles. The van der Waals surface area contributed by atoms with Gasteiger partial charge in [0.05, 0.1) is 11.7 Å². The highest BCUT2D eigenvalue weighted by atomic mass is 28.4. The molecule has 188 valence electrons. The molecule has 2 saturated carbocycles. The van der Waals surface area contributed by atoms with Crippen LogP contribution >= 0.6 is 0 Å². The van der Waals surface area contributed by atoms with E-state index in [9.17, 15) is 5.11 Å². The van der Waals surface area contributed by atoms with E-state index in [0.717, 1.165) is 43.4 Å². The summed E-state index contributed by atoms with van der Waals surface area (Å²) in [6.07, 6.45) is 5.28. The van der Waals surface area contributed by atoms with Crippen LogP contribution in [0.2, 0.25) is 36.3 Å². The number of rotatable bonds is 5. The third kappa shape index (κ3) is 5.17. The fourth-order valence-corrected chi connectivity index (χ4v) is 7.71. The van der Waals surface area contributed by atoms with Gasteiger partial charge in [0.2, 0.25) is 8.32 Å². The molecule has 4 atom stereocenters. The summed E-state index contributed by atoms with van der Waals surface area (Å²) in [7, 11) is -3.67. The molecular weight excluding hydrogens is 440 g/mol. The Bertz CT molecular complexity index is 834. The number of aliphatic hydroxyl groups is 1. The zero-order valence-electron chi connectivity index (χ0n) is 23.3. The summed E-state index contributed by atoms with van der Waals surface area (Å²) in [5, 5.41) is 12.1. The summed E-state index contributed by atoms with van der Waals surface area (Å²) in [6.45, 7) is 25.5. The zero-order chi connectivity index (χ0) is 25.1. The van der Waals surface area contributed by atoms with Crippen LogP contribution in [-0.4, -0.2) is 27.8 Å². The van der Waals surface area contributed by atoms with Crippen LogP contribution in [-0.2, 0) is 10.0 Å². The van der Waals surface area contributed by atoms with Gasteiger partial charge in [-0.3, -0.25) is 0 Å². The lowest BCUT2D eigenvalue weighted by molar-refractivity contribution is -0.0828. The third-order valence-electron chi connectivity index (χ3n) is 9.92. The molecule has 1 unspecified atom stereocenters. The van der Waals surface area contributed by atoms with E-state index in [-0.39, 0.29) is 15.5 Å². The Morgan fingerprint density at radius 3 is 1.91 bits per heavy atom. The van der Waals surface area contributed by atoms with Gasteiger partial charge in [0, 0.05) is 0 Å². The third-order valence-corrected chi connectivity index (χ3v) is 18.8. The van der Waals surface area contributed by atoms with E-state index >= 15 is 0 Å². The van der Waals surface area contributed by atoms with Gasteiger partial charge in [-0.05, 0) is 97.4 Å². The van der Waals surface area contributed by atoms with E-state index in [1.165, 1.54) is 0 Å². The number of benzene rings is 1. The fourth-order valence-electron chi connectivity index (χ4n) is 5.23. The van der Waals surface area contributed by atoms with Gasteiger partial charge >= 0.3 is 0 Å². The second-order valence-corrected chi connectivity index (χ2v) is 23.8. The highest BCUT2D eigenvalue weighted by Crippen LogP contribution is 2.59. The van der Waals surface area contributed by atoms with Crippen molar-refractivity contribution in [3.05, 3.63) is 29.8 Å². The van der Waals surface area contributed by atoms with Crippen molar-refractivity contribution in [2.45, 2.75) is 129 Å². The Labute approximate surface area is 205 Å². The predicted molar refractivity (Wildman–Crippen MR) is 145 cm³/mol. The lowest BCUT2D eigenvalue weighted by Crippen LogP contribution is -2.50. The first kappa shape index (κ1) is 27.0. The SMILES string of the molecule is CC(C)(C)[Si](C)(C)Oc1ccc(C2(O)CC[C@@]3(C)[C@H](CC[C@@H]3O[Si](C)(C)C(C)(C)C)C2)cc1. The van der Waals surface area contributed by atoms with Gasteiger partial charge in [-0.15, -0.1) is 0 Å². The highest BCUT2D eigenvalue weighted by Gasteiger charge is 2.56. The second-order valence-electron chi connectivity index (χ2n) is 14.3. The molecule has 0 heterocycles. The van der Waals surface area contributed by atoms with Crippen LogP contribution in [0.5, 0.6) is 5.75 Å². The van der Waals surface area contributed by atoms with Crippen LogP contribution in [0.4, 0.5) is 0 Å². The maximum atomic E-state index is 11.7. The fraction of sp³-hybridized carbons (Fsp3) is 0.786.